The molecule has 2 heterocycles. The number of benzene rings is 2. The number of alkyl halides is 3. The molecule has 242 valence electrons. The summed E-state index contributed by atoms with van der Waals surface area (Å²) in [4.78, 5) is 31.9. The predicted octanol–water partition coefficient (Wildman–Crippen LogP) is 5.05. The summed E-state index contributed by atoms with van der Waals surface area (Å²) in [6.07, 6.45) is -4.60. The number of hydrogen-bond donors (Lipinski definition) is 3. The number of hydrogen-bond acceptors (Lipinski definition) is 9. The van der Waals surface area contributed by atoms with Crippen molar-refractivity contribution in [2.24, 2.45) is 5.73 Å². The van der Waals surface area contributed by atoms with Crippen LogP contribution in [0.25, 0.3) is 10.9 Å². The zero-order valence-corrected chi connectivity index (χ0v) is 26.7. The fourth-order valence-electron chi connectivity index (χ4n) is 4.16. The van der Waals surface area contributed by atoms with Gasteiger partial charge in [0.05, 0.1) is 53.0 Å². The number of thiophene rings is 1. The number of carboxylic acids is 2. The van der Waals surface area contributed by atoms with Crippen LogP contribution in [-0.2, 0) is 52.8 Å². The Morgan fingerprint density at radius 1 is 1.13 bits per heavy atom. The van der Waals surface area contributed by atoms with Crippen LogP contribution in [0.1, 0.15) is 29.7 Å². The number of ketones is 1. The molecule has 4 rings (SSSR count). The molecule has 0 bridgehead atoms. The Balaban J connectivity index is 0.000000707. The van der Waals surface area contributed by atoms with Gasteiger partial charge < -0.3 is 20.7 Å². The number of Topliss-reactive ketones (excluding diaryl/α,β-unsaturated/α-hetero) is 1. The van der Waals surface area contributed by atoms with Crippen LogP contribution in [0.4, 0.5) is 13.2 Å². The molecule has 2 aromatic carbocycles. The molecule has 2 atom stereocenters. The monoisotopic (exact) mass is 705 g/mol. The molecule has 0 fully saturated rings. The number of halogens is 4. The topological polar surface area (TPSA) is 162 Å². The number of carbonyl (C=O) groups is 3. The van der Waals surface area contributed by atoms with Gasteiger partial charge >= 0.3 is 18.1 Å². The highest BCUT2D eigenvalue weighted by Crippen LogP contribution is 2.34. The maximum atomic E-state index is 13.5. The van der Waals surface area contributed by atoms with Gasteiger partial charge in [0.25, 0.3) is 0 Å². The summed E-state index contributed by atoms with van der Waals surface area (Å²) < 4.78 is 53.7. The molecule has 2 aromatic heterocycles. The van der Waals surface area contributed by atoms with Crippen LogP contribution in [0.15, 0.2) is 58.8 Å². The van der Waals surface area contributed by atoms with E-state index in [1.54, 1.807) is 19.2 Å². The molecule has 1 unspecified atom stereocenters. The van der Waals surface area contributed by atoms with Gasteiger partial charge in [-0.05, 0) is 53.0 Å². The molecule has 0 amide bonds. The molecular formula is C28H27ClF3N3O7S3. The van der Waals surface area contributed by atoms with Gasteiger partial charge in [-0.1, -0.05) is 41.9 Å². The molecule has 0 radical (unpaired) electrons. The highest BCUT2D eigenvalue weighted by Gasteiger charge is 2.38. The summed E-state index contributed by atoms with van der Waals surface area (Å²) in [7, 11) is -1.27. The molecule has 45 heavy (non-hydrogen) atoms. The van der Waals surface area contributed by atoms with E-state index in [0.29, 0.717) is 33.0 Å². The van der Waals surface area contributed by atoms with Crippen LogP contribution in [0.2, 0.25) is 4.34 Å². The lowest BCUT2D eigenvalue weighted by Gasteiger charge is -2.08. The number of ether oxygens (including phenoxy) is 1. The lowest BCUT2D eigenvalue weighted by molar-refractivity contribution is -0.192. The maximum absolute atomic E-state index is 13.5. The molecular weight excluding hydrogens is 679 g/mol. The number of aliphatic carboxylic acids is 2. The summed E-state index contributed by atoms with van der Waals surface area (Å²) in [5.41, 5.74) is 8.77. The smallest absolute Gasteiger partial charge is 0.490 e. The summed E-state index contributed by atoms with van der Waals surface area (Å²) in [6, 6.07) is 15.6. The van der Waals surface area contributed by atoms with Gasteiger partial charge in [-0.2, -0.15) is 18.3 Å². The zero-order chi connectivity index (χ0) is 33.5. The largest absolute Gasteiger partial charge is 0.496 e. The molecule has 0 saturated carbocycles. The summed E-state index contributed by atoms with van der Waals surface area (Å²) in [5.74, 6) is -3.46. The molecule has 4 aromatic rings. The Morgan fingerprint density at radius 2 is 1.78 bits per heavy atom. The van der Waals surface area contributed by atoms with Crippen LogP contribution in [0, 0.1) is 0 Å². The Morgan fingerprint density at radius 3 is 2.36 bits per heavy atom. The first-order valence-electron chi connectivity index (χ1n) is 12.9. The fraction of sp³-hybridized carbons (Fsp3) is 0.286. The van der Waals surface area contributed by atoms with E-state index in [1.807, 2.05) is 47.1 Å². The van der Waals surface area contributed by atoms with E-state index in [-0.39, 0.29) is 24.4 Å². The van der Waals surface area contributed by atoms with Gasteiger partial charge in [0, 0.05) is 12.8 Å². The Kier molecular flexibility index (Phi) is 12.1. The number of nitrogens with zero attached hydrogens (tertiary/aromatic N) is 2. The molecule has 0 spiro atoms. The Bertz CT molecular complexity index is 1810. The van der Waals surface area contributed by atoms with E-state index in [0.717, 1.165) is 22.0 Å². The summed E-state index contributed by atoms with van der Waals surface area (Å²) in [5, 5.41) is 21.6. The third kappa shape index (κ3) is 9.96. The maximum Gasteiger partial charge on any atom is 0.490 e. The third-order valence-electron chi connectivity index (χ3n) is 6.24. The first kappa shape index (κ1) is 35.9. The van der Waals surface area contributed by atoms with Gasteiger partial charge in [-0.15, -0.1) is 11.3 Å². The Hall–Kier alpha value is -3.57. The number of aryl methyl sites for hydroxylation is 1. The summed E-state index contributed by atoms with van der Waals surface area (Å²) in [6.45, 7) is 0.429. The van der Waals surface area contributed by atoms with Crippen molar-refractivity contribution in [1.82, 2.24) is 9.78 Å². The fourth-order valence-corrected chi connectivity index (χ4v) is 7.81. The van der Waals surface area contributed by atoms with Gasteiger partial charge in [-0.3, -0.25) is 18.5 Å². The first-order valence-corrected chi connectivity index (χ1v) is 16.7. The van der Waals surface area contributed by atoms with Gasteiger partial charge in [0.15, 0.2) is 0 Å². The molecule has 0 saturated heterocycles. The van der Waals surface area contributed by atoms with E-state index in [4.69, 9.17) is 53.4 Å². The van der Waals surface area contributed by atoms with Gasteiger partial charge in [0.2, 0.25) is 0 Å². The van der Waals surface area contributed by atoms with Crippen molar-refractivity contribution < 1.29 is 46.7 Å². The average molecular weight is 706 g/mol. The number of fused-ring (bicyclic) bond motifs is 1. The van der Waals surface area contributed by atoms with Crippen molar-refractivity contribution >= 4 is 71.2 Å². The Labute approximate surface area is 269 Å². The minimum absolute atomic E-state index is 0.0592. The second kappa shape index (κ2) is 15.1. The lowest BCUT2D eigenvalue weighted by Crippen LogP contribution is -2.32. The first-order chi connectivity index (χ1) is 21.0. The minimum Gasteiger partial charge on any atom is -0.496 e. The van der Waals surface area contributed by atoms with Crippen molar-refractivity contribution in [1.29, 1.82) is 0 Å². The van der Waals surface area contributed by atoms with Crippen molar-refractivity contribution in [2.75, 3.05) is 7.11 Å². The minimum atomic E-state index is -5.08. The quantitative estimate of drug-likeness (QED) is 0.182. The zero-order valence-electron chi connectivity index (χ0n) is 23.5. The van der Waals surface area contributed by atoms with Crippen molar-refractivity contribution in [3.05, 3.63) is 75.8 Å². The number of carbonyl (C=O) groups excluding carboxylic acids is 1. The van der Waals surface area contributed by atoms with Gasteiger partial charge in [0.1, 0.15) is 17.6 Å². The third-order valence-corrected chi connectivity index (χ3v) is 10.9. The van der Waals surface area contributed by atoms with Crippen LogP contribution in [0.3, 0.4) is 0 Å². The van der Waals surface area contributed by atoms with E-state index >= 15 is 0 Å². The molecule has 0 aliphatic carbocycles. The number of aromatic nitrogens is 2. The standard InChI is InChI=1S/C26H26ClN3O5S3.C2HF3O2/c1-35-22-7-3-6-21-25(22)20(15-38(34,36)24-11-10-23(27)37-24)29-30(21)14-17-5-2-4-16(12-17)8-9-18(31)13-19(28)26(32)33;3-2(4,5)1(6)7/h2-7,10-12,19H,8-9,13-15,28H2,1H3,(H,32,33);(H,6,7)/t19-,38?;/m0./s1. The predicted molar refractivity (Wildman–Crippen MR) is 166 cm³/mol. The second-order valence-corrected chi connectivity index (χ2v) is 15.1. The average Bonchev–Trinajstić information content (AvgIpc) is 3.55. The van der Waals surface area contributed by atoms with Crippen LogP contribution in [0.5, 0.6) is 5.75 Å². The SMILES string of the molecule is COc1cccc2c1c(CS(=O)(=S)c1ccc(Cl)s1)nn2Cc1cccc(CCC(=O)C[C@H](N)C(=O)O)c1.O=C(O)C(F)(F)F. The number of methoxy groups -OCH3 is 1. The van der Waals surface area contributed by atoms with E-state index < -0.39 is 32.6 Å². The van der Waals surface area contributed by atoms with E-state index in [9.17, 15) is 27.0 Å². The van der Waals surface area contributed by atoms with Crippen LogP contribution < -0.4 is 10.5 Å². The molecule has 17 heteroatoms. The normalized spacial score (nSPS) is 13.4. The second-order valence-electron chi connectivity index (χ2n) is 9.59. The van der Waals surface area contributed by atoms with Crippen molar-refractivity contribution in [3.63, 3.8) is 0 Å². The number of carboxylic acid groups (broad SMARTS) is 2. The van der Waals surface area contributed by atoms with E-state index in [2.05, 4.69) is 0 Å². The molecule has 0 aliphatic heterocycles. The highest BCUT2D eigenvalue weighted by molar-refractivity contribution is 8.33. The molecule has 10 nitrogen and oxygen atoms in total. The highest BCUT2D eigenvalue weighted by atomic mass is 35.5. The molecule has 0 aliphatic rings. The van der Waals surface area contributed by atoms with Gasteiger partial charge in [-0.25, -0.2) is 4.79 Å². The van der Waals surface area contributed by atoms with E-state index in [1.165, 1.54) is 11.3 Å². The van der Waals surface area contributed by atoms with Crippen molar-refractivity contribution in [3.8, 4) is 5.75 Å². The summed E-state index contributed by atoms with van der Waals surface area (Å²) >= 11 is 12.8. The molecule has 4 N–H and O–H groups in total. The van der Waals surface area contributed by atoms with Crippen LogP contribution >= 0.6 is 22.9 Å². The lowest BCUT2D eigenvalue weighted by atomic mass is 10.0. The number of nitrogens with two attached hydrogens (primary N) is 1. The van der Waals surface area contributed by atoms with Crippen molar-refractivity contribution in [2.45, 2.75) is 48.0 Å². The van der Waals surface area contributed by atoms with Crippen LogP contribution in [-0.4, -0.2) is 61.3 Å². The number of rotatable bonds is 12.